The Morgan fingerprint density at radius 2 is 1.95 bits per heavy atom. The van der Waals surface area contributed by atoms with E-state index in [2.05, 4.69) is 21.3 Å². The summed E-state index contributed by atoms with van der Waals surface area (Å²) in [6.45, 7) is 1.41. The van der Waals surface area contributed by atoms with Gasteiger partial charge in [0.1, 0.15) is 0 Å². The van der Waals surface area contributed by atoms with Crippen LogP contribution in [0.5, 0.6) is 0 Å². The lowest BCUT2D eigenvalue weighted by Crippen LogP contribution is -2.14. The van der Waals surface area contributed by atoms with E-state index < -0.39 is 5.97 Å². The largest absolute Gasteiger partial charge is 0.478 e. The molecule has 2 rings (SSSR count). The SMILES string of the molecule is CN(C)Cc1ccccc1CNc1cnccc1C(=O)O. The number of aromatic carboxylic acids is 1. The maximum atomic E-state index is 11.2. The summed E-state index contributed by atoms with van der Waals surface area (Å²) >= 11 is 0. The maximum absolute atomic E-state index is 11.2. The van der Waals surface area contributed by atoms with E-state index in [1.807, 2.05) is 32.3 Å². The molecule has 21 heavy (non-hydrogen) atoms. The lowest BCUT2D eigenvalue weighted by Gasteiger charge is -2.15. The third-order valence-corrected chi connectivity index (χ3v) is 3.13. The molecule has 0 unspecified atom stereocenters. The molecule has 1 aromatic heterocycles. The van der Waals surface area contributed by atoms with Crippen LogP contribution in [0.4, 0.5) is 5.69 Å². The fraction of sp³-hybridized carbons (Fsp3) is 0.250. The normalized spacial score (nSPS) is 10.6. The molecule has 5 nitrogen and oxygen atoms in total. The molecule has 0 spiro atoms. The lowest BCUT2D eigenvalue weighted by atomic mass is 10.1. The number of anilines is 1. The topological polar surface area (TPSA) is 65.5 Å². The fourth-order valence-electron chi connectivity index (χ4n) is 2.14. The average Bonchev–Trinajstić information content (AvgIpc) is 2.46. The molecule has 0 saturated carbocycles. The number of nitrogens with one attached hydrogen (secondary N) is 1. The molecule has 2 aromatic rings. The second kappa shape index (κ2) is 6.85. The molecule has 1 aromatic carbocycles. The highest BCUT2D eigenvalue weighted by Crippen LogP contribution is 2.17. The van der Waals surface area contributed by atoms with E-state index in [1.54, 1.807) is 0 Å². The van der Waals surface area contributed by atoms with Crippen molar-refractivity contribution in [3.05, 3.63) is 59.4 Å². The first-order valence-corrected chi connectivity index (χ1v) is 6.70. The van der Waals surface area contributed by atoms with Crippen molar-refractivity contribution in [3.8, 4) is 0 Å². The van der Waals surface area contributed by atoms with E-state index in [4.69, 9.17) is 5.11 Å². The summed E-state index contributed by atoms with van der Waals surface area (Å²) in [6, 6.07) is 9.62. The number of nitrogens with zero attached hydrogens (tertiary/aromatic N) is 2. The van der Waals surface area contributed by atoms with Crippen molar-refractivity contribution in [3.63, 3.8) is 0 Å². The number of pyridine rings is 1. The van der Waals surface area contributed by atoms with Gasteiger partial charge in [0.05, 0.1) is 17.4 Å². The van der Waals surface area contributed by atoms with Crippen molar-refractivity contribution >= 4 is 11.7 Å². The molecule has 0 radical (unpaired) electrons. The van der Waals surface area contributed by atoms with E-state index in [-0.39, 0.29) is 5.56 Å². The zero-order valence-electron chi connectivity index (χ0n) is 12.2. The van der Waals surface area contributed by atoms with Crippen LogP contribution in [0.15, 0.2) is 42.7 Å². The number of carbonyl (C=O) groups is 1. The molecule has 0 saturated heterocycles. The molecule has 110 valence electrons. The van der Waals surface area contributed by atoms with Crippen molar-refractivity contribution in [2.24, 2.45) is 0 Å². The van der Waals surface area contributed by atoms with Crippen LogP contribution in [0.25, 0.3) is 0 Å². The molecule has 0 atom stereocenters. The minimum absolute atomic E-state index is 0.232. The average molecular weight is 285 g/mol. The van der Waals surface area contributed by atoms with Crippen molar-refractivity contribution in [2.75, 3.05) is 19.4 Å². The summed E-state index contributed by atoms with van der Waals surface area (Å²) in [5.41, 5.74) is 3.13. The highest BCUT2D eigenvalue weighted by molar-refractivity contribution is 5.93. The van der Waals surface area contributed by atoms with Crippen LogP contribution >= 0.6 is 0 Å². The smallest absolute Gasteiger partial charge is 0.337 e. The summed E-state index contributed by atoms with van der Waals surface area (Å²) in [5.74, 6) is -0.957. The van der Waals surface area contributed by atoms with Gasteiger partial charge in [0.25, 0.3) is 0 Å². The summed E-state index contributed by atoms with van der Waals surface area (Å²) in [7, 11) is 4.04. The van der Waals surface area contributed by atoms with Gasteiger partial charge >= 0.3 is 5.97 Å². The zero-order chi connectivity index (χ0) is 15.2. The van der Waals surface area contributed by atoms with Gasteiger partial charge < -0.3 is 15.3 Å². The van der Waals surface area contributed by atoms with Gasteiger partial charge in [-0.2, -0.15) is 0 Å². The predicted octanol–water partition coefficient (Wildman–Crippen LogP) is 2.45. The van der Waals surface area contributed by atoms with Crippen molar-refractivity contribution < 1.29 is 9.90 Å². The Labute approximate surface area is 124 Å². The zero-order valence-corrected chi connectivity index (χ0v) is 12.2. The van der Waals surface area contributed by atoms with Crippen LogP contribution in [0.2, 0.25) is 0 Å². The van der Waals surface area contributed by atoms with Gasteiger partial charge in [-0.15, -0.1) is 0 Å². The van der Waals surface area contributed by atoms with Crippen LogP contribution in [0.3, 0.4) is 0 Å². The fourth-order valence-corrected chi connectivity index (χ4v) is 2.14. The van der Waals surface area contributed by atoms with E-state index in [1.165, 1.54) is 24.0 Å². The summed E-state index contributed by atoms with van der Waals surface area (Å²) in [6.07, 6.45) is 3.02. The predicted molar refractivity (Wildman–Crippen MR) is 82.4 cm³/mol. The number of aromatic nitrogens is 1. The standard InChI is InChI=1S/C16H19N3O2/c1-19(2)11-13-6-4-3-5-12(13)9-18-15-10-17-8-7-14(15)16(20)21/h3-8,10,18H,9,11H2,1-2H3,(H,20,21). The molecular formula is C16H19N3O2. The minimum Gasteiger partial charge on any atom is -0.478 e. The Morgan fingerprint density at radius 1 is 1.24 bits per heavy atom. The van der Waals surface area contributed by atoms with E-state index in [0.29, 0.717) is 12.2 Å². The number of hydrogen-bond acceptors (Lipinski definition) is 4. The third-order valence-electron chi connectivity index (χ3n) is 3.13. The highest BCUT2D eigenvalue weighted by Gasteiger charge is 2.10. The Balaban J connectivity index is 2.15. The Morgan fingerprint density at radius 3 is 2.62 bits per heavy atom. The minimum atomic E-state index is -0.957. The number of hydrogen-bond donors (Lipinski definition) is 2. The van der Waals surface area contributed by atoms with Crippen molar-refractivity contribution in [1.82, 2.24) is 9.88 Å². The first-order valence-electron chi connectivity index (χ1n) is 6.70. The van der Waals surface area contributed by atoms with Crippen LogP contribution in [-0.4, -0.2) is 35.1 Å². The van der Waals surface area contributed by atoms with Crippen LogP contribution in [-0.2, 0) is 13.1 Å². The quantitative estimate of drug-likeness (QED) is 0.853. The van der Waals surface area contributed by atoms with E-state index in [0.717, 1.165) is 12.1 Å². The maximum Gasteiger partial charge on any atom is 0.337 e. The first kappa shape index (κ1) is 15.0. The molecule has 0 aliphatic rings. The van der Waals surface area contributed by atoms with Gasteiger partial charge in [-0.25, -0.2) is 4.79 Å². The molecule has 0 aliphatic carbocycles. The molecule has 5 heteroatoms. The van der Waals surface area contributed by atoms with E-state index >= 15 is 0 Å². The van der Waals surface area contributed by atoms with Gasteiger partial charge in [-0.05, 0) is 31.3 Å². The lowest BCUT2D eigenvalue weighted by molar-refractivity contribution is 0.0698. The van der Waals surface area contributed by atoms with Crippen LogP contribution < -0.4 is 5.32 Å². The monoisotopic (exact) mass is 285 g/mol. The Hall–Kier alpha value is -2.40. The molecule has 0 fully saturated rings. The van der Waals surface area contributed by atoms with E-state index in [9.17, 15) is 4.79 Å². The van der Waals surface area contributed by atoms with Gasteiger partial charge in [0.2, 0.25) is 0 Å². The van der Waals surface area contributed by atoms with Gasteiger partial charge in [-0.1, -0.05) is 24.3 Å². The second-order valence-electron chi connectivity index (χ2n) is 5.09. The number of rotatable bonds is 6. The summed E-state index contributed by atoms with van der Waals surface area (Å²) in [4.78, 5) is 17.3. The van der Waals surface area contributed by atoms with Crippen molar-refractivity contribution in [2.45, 2.75) is 13.1 Å². The number of benzene rings is 1. The molecule has 1 heterocycles. The number of carboxylic acids is 1. The van der Waals surface area contributed by atoms with Crippen LogP contribution in [0.1, 0.15) is 21.5 Å². The van der Waals surface area contributed by atoms with Gasteiger partial charge in [0.15, 0.2) is 0 Å². The highest BCUT2D eigenvalue weighted by atomic mass is 16.4. The van der Waals surface area contributed by atoms with Gasteiger partial charge in [-0.3, -0.25) is 4.98 Å². The second-order valence-corrected chi connectivity index (χ2v) is 5.09. The number of carboxylic acid groups (broad SMARTS) is 1. The molecule has 0 aliphatic heterocycles. The first-order chi connectivity index (χ1) is 10.1. The summed E-state index contributed by atoms with van der Waals surface area (Å²) < 4.78 is 0. The third kappa shape index (κ3) is 4.03. The summed E-state index contributed by atoms with van der Waals surface area (Å²) in [5, 5.41) is 12.3. The van der Waals surface area contributed by atoms with Gasteiger partial charge in [0, 0.05) is 19.3 Å². The molecule has 0 amide bonds. The van der Waals surface area contributed by atoms with Crippen molar-refractivity contribution in [1.29, 1.82) is 0 Å². The Bertz CT molecular complexity index is 626. The Kier molecular flexibility index (Phi) is 4.90. The molecule has 2 N–H and O–H groups in total. The molecular weight excluding hydrogens is 266 g/mol. The van der Waals surface area contributed by atoms with Crippen LogP contribution in [0, 0.1) is 0 Å². The molecule has 0 bridgehead atoms.